The van der Waals surface area contributed by atoms with Crippen molar-refractivity contribution in [3.8, 4) is 55.6 Å². The lowest BCUT2D eigenvalue weighted by Crippen LogP contribution is -1.92. The summed E-state index contributed by atoms with van der Waals surface area (Å²) in [7, 11) is 0. The van der Waals surface area contributed by atoms with E-state index in [9.17, 15) is 0 Å². The van der Waals surface area contributed by atoms with Gasteiger partial charge in [0.25, 0.3) is 0 Å². The van der Waals surface area contributed by atoms with E-state index in [1.54, 1.807) is 0 Å². The van der Waals surface area contributed by atoms with Gasteiger partial charge in [0.05, 0.1) is 0 Å². The van der Waals surface area contributed by atoms with Gasteiger partial charge in [0.15, 0.2) is 0 Å². The fourth-order valence-electron chi connectivity index (χ4n) is 6.60. The molecule has 0 unspecified atom stereocenters. The summed E-state index contributed by atoms with van der Waals surface area (Å²) in [6.07, 6.45) is 7.48. The Kier molecular flexibility index (Phi) is 6.73. The third-order valence-electron chi connectivity index (χ3n) is 8.82. The van der Waals surface area contributed by atoms with Gasteiger partial charge in [-0.3, -0.25) is 9.97 Å². The standard InChI is InChI=1S/C43H30N2/c1-29-28-45-26-23-37(29)33-13-17-34(18-14-33)42-38-9-5-6-10-39(38)43(35-15-11-31(12-16-35)32-21-24-44-25-22-32)41-27-36(19-20-40(41)42)30-7-3-2-4-8-30/h2-28H,1H3. The summed E-state index contributed by atoms with van der Waals surface area (Å²) >= 11 is 0. The number of aromatic nitrogens is 2. The first-order valence-corrected chi connectivity index (χ1v) is 15.3. The van der Waals surface area contributed by atoms with E-state index >= 15 is 0 Å². The molecule has 6 aromatic carbocycles. The number of aryl methyl sites for hydroxylation is 1. The fraction of sp³-hybridized carbons (Fsp3) is 0.0233. The van der Waals surface area contributed by atoms with E-state index in [1.165, 1.54) is 82.7 Å². The molecule has 0 aliphatic rings. The fourth-order valence-corrected chi connectivity index (χ4v) is 6.60. The Balaban J connectivity index is 1.38. The Morgan fingerprint density at radius 1 is 0.356 bits per heavy atom. The van der Waals surface area contributed by atoms with E-state index in [0.717, 1.165) is 0 Å². The van der Waals surface area contributed by atoms with Gasteiger partial charge < -0.3 is 0 Å². The maximum Gasteiger partial charge on any atom is 0.0303 e. The third-order valence-corrected chi connectivity index (χ3v) is 8.82. The van der Waals surface area contributed by atoms with Crippen molar-refractivity contribution >= 4 is 21.5 Å². The largest absolute Gasteiger partial charge is 0.265 e. The van der Waals surface area contributed by atoms with Gasteiger partial charge in [-0.2, -0.15) is 0 Å². The Labute approximate surface area is 263 Å². The zero-order chi connectivity index (χ0) is 30.2. The van der Waals surface area contributed by atoms with E-state index in [-0.39, 0.29) is 0 Å². The molecule has 0 N–H and O–H groups in total. The van der Waals surface area contributed by atoms with Gasteiger partial charge in [0, 0.05) is 24.8 Å². The van der Waals surface area contributed by atoms with Crippen LogP contribution in [-0.4, -0.2) is 9.97 Å². The van der Waals surface area contributed by atoms with Crippen LogP contribution in [0.2, 0.25) is 0 Å². The highest BCUT2D eigenvalue weighted by Gasteiger charge is 2.18. The lowest BCUT2D eigenvalue weighted by Gasteiger charge is -2.19. The Morgan fingerprint density at radius 2 is 0.844 bits per heavy atom. The van der Waals surface area contributed by atoms with Gasteiger partial charge in [-0.25, -0.2) is 0 Å². The molecule has 0 bridgehead atoms. The van der Waals surface area contributed by atoms with Gasteiger partial charge in [0.1, 0.15) is 0 Å². The van der Waals surface area contributed by atoms with Crippen LogP contribution >= 0.6 is 0 Å². The first-order valence-electron chi connectivity index (χ1n) is 15.3. The number of fused-ring (bicyclic) bond motifs is 2. The van der Waals surface area contributed by atoms with Gasteiger partial charge in [-0.15, -0.1) is 0 Å². The summed E-state index contributed by atoms with van der Waals surface area (Å²) < 4.78 is 0. The molecule has 0 atom stereocenters. The summed E-state index contributed by atoms with van der Waals surface area (Å²) in [6, 6.07) is 50.7. The highest BCUT2D eigenvalue weighted by atomic mass is 14.6. The predicted molar refractivity (Wildman–Crippen MR) is 189 cm³/mol. The van der Waals surface area contributed by atoms with E-state index in [1.807, 2.05) is 24.8 Å². The van der Waals surface area contributed by atoms with E-state index < -0.39 is 0 Å². The van der Waals surface area contributed by atoms with Crippen LogP contribution in [0, 0.1) is 6.92 Å². The van der Waals surface area contributed by atoms with Crippen LogP contribution in [0.25, 0.3) is 77.2 Å². The van der Waals surface area contributed by atoms with Crippen molar-refractivity contribution in [2.75, 3.05) is 0 Å². The molecule has 2 aromatic heterocycles. The van der Waals surface area contributed by atoms with Crippen LogP contribution in [0.3, 0.4) is 0 Å². The summed E-state index contributed by atoms with van der Waals surface area (Å²) in [5.41, 5.74) is 13.3. The van der Waals surface area contributed by atoms with Gasteiger partial charge in [-0.05, 0) is 114 Å². The van der Waals surface area contributed by atoms with Crippen LogP contribution in [0.4, 0.5) is 0 Å². The lowest BCUT2D eigenvalue weighted by atomic mass is 9.84. The van der Waals surface area contributed by atoms with Crippen LogP contribution < -0.4 is 0 Å². The topological polar surface area (TPSA) is 25.8 Å². The number of nitrogens with zero attached hydrogens (tertiary/aromatic N) is 2. The quantitative estimate of drug-likeness (QED) is 0.191. The predicted octanol–water partition coefficient (Wildman–Crippen LogP) is 11.4. The minimum atomic E-state index is 1.17. The molecule has 0 saturated carbocycles. The number of benzene rings is 6. The average Bonchev–Trinajstić information content (AvgIpc) is 3.11. The smallest absolute Gasteiger partial charge is 0.0303 e. The number of hydrogen-bond donors (Lipinski definition) is 0. The minimum Gasteiger partial charge on any atom is -0.265 e. The van der Waals surface area contributed by atoms with Crippen molar-refractivity contribution in [2.24, 2.45) is 0 Å². The van der Waals surface area contributed by atoms with Gasteiger partial charge in [0.2, 0.25) is 0 Å². The molecular formula is C43H30N2. The maximum absolute atomic E-state index is 4.28. The second kappa shape index (κ2) is 11.3. The molecule has 8 rings (SSSR count). The van der Waals surface area contributed by atoms with Crippen molar-refractivity contribution < 1.29 is 0 Å². The Morgan fingerprint density at radius 3 is 1.51 bits per heavy atom. The van der Waals surface area contributed by atoms with Crippen LogP contribution in [0.1, 0.15) is 5.56 Å². The molecule has 0 radical (unpaired) electrons. The van der Waals surface area contributed by atoms with Crippen LogP contribution in [0.5, 0.6) is 0 Å². The normalized spacial score (nSPS) is 11.2. The molecule has 212 valence electrons. The first kappa shape index (κ1) is 26.7. The third kappa shape index (κ3) is 4.87. The highest BCUT2D eigenvalue weighted by molar-refractivity contribution is 6.22. The first-order chi connectivity index (χ1) is 22.2. The second-order valence-corrected chi connectivity index (χ2v) is 11.5. The number of pyridine rings is 2. The Hall–Kier alpha value is -5.86. The molecule has 0 spiro atoms. The molecule has 45 heavy (non-hydrogen) atoms. The highest BCUT2D eigenvalue weighted by Crippen LogP contribution is 2.45. The summed E-state index contributed by atoms with van der Waals surface area (Å²) in [6.45, 7) is 2.11. The minimum absolute atomic E-state index is 1.17. The second-order valence-electron chi connectivity index (χ2n) is 11.5. The number of rotatable bonds is 5. The van der Waals surface area contributed by atoms with Crippen molar-refractivity contribution in [2.45, 2.75) is 6.92 Å². The average molecular weight is 575 g/mol. The van der Waals surface area contributed by atoms with E-state index in [2.05, 4.69) is 156 Å². The molecule has 2 heterocycles. The van der Waals surface area contributed by atoms with Crippen LogP contribution in [-0.2, 0) is 0 Å². The monoisotopic (exact) mass is 574 g/mol. The van der Waals surface area contributed by atoms with Gasteiger partial charge >= 0.3 is 0 Å². The molecule has 2 heteroatoms. The molecule has 0 saturated heterocycles. The summed E-state index contributed by atoms with van der Waals surface area (Å²) in [4.78, 5) is 8.48. The molecule has 0 fully saturated rings. The SMILES string of the molecule is Cc1cnccc1-c1ccc(-c2c3ccccc3c(-c3ccc(-c4ccncc4)cc3)c3cc(-c4ccccc4)ccc23)cc1. The number of hydrogen-bond acceptors (Lipinski definition) is 2. The zero-order valence-electron chi connectivity index (χ0n) is 25.0. The molecule has 0 aliphatic heterocycles. The van der Waals surface area contributed by atoms with Crippen molar-refractivity contribution in [1.82, 2.24) is 9.97 Å². The molecule has 2 nitrogen and oxygen atoms in total. The maximum atomic E-state index is 4.28. The summed E-state index contributed by atoms with van der Waals surface area (Å²) in [5.74, 6) is 0. The molecule has 8 aromatic rings. The zero-order valence-corrected chi connectivity index (χ0v) is 25.0. The van der Waals surface area contributed by atoms with E-state index in [0.29, 0.717) is 0 Å². The lowest BCUT2D eigenvalue weighted by molar-refractivity contribution is 1.27. The van der Waals surface area contributed by atoms with Crippen molar-refractivity contribution in [3.63, 3.8) is 0 Å². The summed E-state index contributed by atoms with van der Waals surface area (Å²) in [5, 5.41) is 4.99. The molecular weight excluding hydrogens is 544 g/mol. The van der Waals surface area contributed by atoms with Crippen molar-refractivity contribution in [3.05, 3.63) is 170 Å². The molecule has 0 aliphatic carbocycles. The van der Waals surface area contributed by atoms with Crippen LogP contribution in [0.15, 0.2) is 164 Å². The molecule has 0 amide bonds. The van der Waals surface area contributed by atoms with Gasteiger partial charge in [-0.1, -0.05) is 115 Å². The van der Waals surface area contributed by atoms with E-state index in [4.69, 9.17) is 0 Å². The van der Waals surface area contributed by atoms with Crippen molar-refractivity contribution in [1.29, 1.82) is 0 Å². The Bertz CT molecular complexity index is 2290.